The van der Waals surface area contributed by atoms with E-state index in [1.165, 1.54) is 0 Å². The summed E-state index contributed by atoms with van der Waals surface area (Å²) in [5.41, 5.74) is 3.45. The largest absolute Gasteiger partial charge is 0.497 e. The van der Waals surface area contributed by atoms with Crippen molar-refractivity contribution in [1.29, 1.82) is 0 Å². The first-order chi connectivity index (χ1) is 13.3. The third-order valence-electron chi connectivity index (χ3n) is 4.38. The number of carbonyl (C=O) groups is 1. The summed E-state index contributed by atoms with van der Waals surface area (Å²) in [6, 6.07) is 24.9. The summed E-state index contributed by atoms with van der Waals surface area (Å²) < 4.78 is 7.09. The van der Waals surface area contributed by atoms with Crippen LogP contribution in [0, 0.1) is 0 Å². The lowest BCUT2D eigenvalue weighted by Crippen LogP contribution is -1.97. The van der Waals surface area contributed by atoms with Crippen molar-refractivity contribution in [3.63, 3.8) is 0 Å². The molecule has 0 aliphatic rings. The summed E-state index contributed by atoms with van der Waals surface area (Å²) in [5.74, 6) is 1.45. The van der Waals surface area contributed by atoms with Gasteiger partial charge in [0.05, 0.1) is 18.1 Å². The Morgan fingerprint density at radius 3 is 2.37 bits per heavy atom. The van der Waals surface area contributed by atoms with Gasteiger partial charge >= 0.3 is 0 Å². The molecule has 0 unspecified atom stereocenters. The van der Waals surface area contributed by atoms with Gasteiger partial charge in [-0.2, -0.15) is 0 Å². The molecule has 3 aromatic carbocycles. The van der Waals surface area contributed by atoms with Gasteiger partial charge in [0.15, 0.2) is 5.78 Å². The van der Waals surface area contributed by atoms with Crippen LogP contribution in [0.2, 0.25) is 0 Å². The molecule has 4 rings (SSSR count). The van der Waals surface area contributed by atoms with Crippen LogP contribution >= 0.6 is 0 Å². The zero-order chi connectivity index (χ0) is 18.6. The molecule has 0 radical (unpaired) electrons. The number of hydrogen-bond acceptors (Lipinski definition) is 3. The fourth-order valence-corrected chi connectivity index (χ4v) is 2.98. The molecule has 0 atom stereocenters. The normalized spacial score (nSPS) is 11.1. The monoisotopic (exact) mass is 354 g/mol. The zero-order valence-electron chi connectivity index (χ0n) is 14.9. The van der Waals surface area contributed by atoms with E-state index in [0.717, 1.165) is 28.2 Å². The van der Waals surface area contributed by atoms with Crippen LogP contribution in [0.15, 0.2) is 84.9 Å². The van der Waals surface area contributed by atoms with Crippen LogP contribution in [0.25, 0.3) is 28.6 Å². The van der Waals surface area contributed by atoms with Crippen LogP contribution in [0.3, 0.4) is 0 Å². The van der Waals surface area contributed by atoms with E-state index >= 15 is 0 Å². The molecule has 0 N–H and O–H groups in total. The number of ketones is 1. The topological polar surface area (TPSA) is 44.1 Å². The van der Waals surface area contributed by atoms with E-state index in [0.29, 0.717) is 5.56 Å². The fraction of sp³-hybridized carbons (Fsp3) is 0.0435. The Morgan fingerprint density at radius 1 is 0.926 bits per heavy atom. The first-order valence-electron chi connectivity index (χ1n) is 8.65. The van der Waals surface area contributed by atoms with E-state index in [1.807, 2.05) is 59.2 Å². The first kappa shape index (κ1) is 16.8. The molecule has 0 saturated heterocycles. The Labute approximate surface area is 157 Å². The average Bonchev–Trinajstić information content (AvgIpc) is 3.11. The molecular formula is C23H18N2O2. The molecular weight excluding hydrogens is 336 g/mol. The van der Waals surface area contributed by atoms with Gasteiger partial charge in [-0.25, -0.2) is 4.98 Å². The van der Waals surface area contributed by atoms with Crippen LogP contribution in [0.5, 0.6) is 5.75 Å². The van der Waals surface area contributed by atoms with Gasteiger partial charge in [0, 0.05) is 23.4 Å². The predicted octanol–water partition coefficient (Wildman–Crippen LogP) is 5.07. The number of para-hydroxylation sites is 2. The number of imidazole rings is 1. The Hall–Kier alpha value is -3.66. The first-order valence-corrected chi connectivity index (χ1v) is 8.65. The second-order valence-electron chi connectivity index (χ2n) is 6.07. The maximum Gasteiger partial charge on any atom is 0.187 e. The molecule has 27 heavy (non-hydrogen) atoms. The Kier molecular flexibility index (Phi) is 4.54. The minimum absolute atomic E-state index is 0.0746. The van der Waals surface area contributed by atoms with Gasteiger partial charge < -0.3 is 4.74 Å². The van der Waals surface area contributed by atoms with Crippen molar-refractivity contribution < 1.29 is 9.53 Å². The lowest BCUT2D eigenvalue weighted by Gasteiger charge is -2.04. The van der Waals surface area contributed by atoms with E-state index in [1.54, 1.807) is 43.7 Å². The lowest BCUT2D eigenvalue weighted by atomic mass is 10.1. The molecule has 4 aromatic rings. The Bertz CT molecular complexity index is 1110. The summed E-state index contributed by atoms with van der Waals surface area (Å²) in [7, 11) is 1.60. The van der Waals surface area contributed by atoms with Gasteiger partial charge in [0.25, 0.3) is 0 Å². The highest BCUT2D eigenvalue weighted by molar-refractivity contribution is 6.06. The smallest absolute Gasteiger partial charge is 0.187 e. The SMILES string of the molecule is COc1ccc(C(=O)/C=C/n2c(-c3ccccc3)nc3ccccc32)cc1. The molecule has 0 aliphatic carbocycles. The lowest BCUT2D eigenvalue weighted by molar-refractivity contribution is 0.104. The second kappa shape index (κ2) is 7.30. The van der Waals surface area contributed by atoms with Gasteiger partial charge in [-0.1, -0.05) is 42.5 Å². The highest BCUT2D eigenvalue weighted by Crippen LogP contribution is 2.25. The van der Waals surface area contributed by atoms with Crippen LogP contribution in [-0.2, 0) is 0 Å². The van der Waals surface area contributed by atoms with Crippen LogP contribution in [0.1, 0.15) is 10.4 Å². The maximum absolute atomic E-state index is 12.6. The van der Waals surface area contributed by atoms with E-state index in [4.69, 9.17) is 9.72 Å². The molecule has 0 aliphatic heterocycles. The maximum atomic E-state index is 12.6. The molecule has 0 fully saturated rings. The van der Waals surface area contributed by atoms with Crippen molar-refractivity contribution in [2.75, 3.05) is 7.11 Å². The Morgan fingerprint density at radius 2 is 1.63 bits per heavy atom. The van der Waals surface area contributed by atoms with E-state index < -0.39 is 0 Å². The number of hydrogen-bond donors (Lipinski definition) is 0. The van der Waals surface area contributed by atoms with Crippen molar-refractivity contribution in [3.8, 4) is 17.1 Å². The summed E-state index contributed by atoms with van der Waals surface area (Å²) in [4.78, 5) is 17.3. The molecule has 0 bridgehead atoms. The molecule has 4 nitrogen and oxygen atoms in total. The molecule has 1 aromatic heterocycles. The molecule has 132 valence electrons. The predicted molar refractivity (Wildman–Crippen MR) is 108 cm³/mol. The number of benzene rings is 3. The van der Waals surface area contributed by atoms with Gasteiger partial charge in [0.1, 0.15) is 11.6 Å². The average molecular weight is 354 g/mol. The quantitative estimate of drug-likeness (QED) is 0.371. The number of allylic oxidation sites excluding steroid dienone is 1. The number of methoxy groups -OCH3 is 1. The third-order valence-corrected chi connectivity index (χ3v) is 4.38. The molecule has 4 heteroatoms. The third kappa shape index (κ3) is 3.37. The van der Waals surface area contributed by atoms with Crippen molar-refractivity contribution in [2.45, 2.75) is 0 Å². The number of rotatable bonds is 5. The van der Waals surface area contributed by atoms with Gasteiger partial charge in [-0.15, -0.1) is 0 Å². The molecule has 0 amide bonds. The molecule has 0 saturated carbocycles. The Balaban J connectivity index is 1.74. The number of fused-ring (bicyclic) bond motifs is 1. The number of nitrogens with zero attached hydrogens (tertiary/aromatic N) is 2. The second-order valence-corrected chi connectivity index (χ2v) is 6.07. The van der Waals surface area contributed by atoms with E-state index in [-0.39, 0.29) is 5.78 Å². The highest BCUT2D eigenvalue weighted by Gasteiger charge is 2.11. The van der Waals surface area contributed by atoms with E-state index in [2.05, 4.69) is 0 Å². The van der Waals surface area contributed by atoms with Gasteiger partial charge in [0.2, 0.25) is 0 Å². The van der Waals surface area contributed by atoms with Gasteiger partial charge in [-0.05, 0) is 36.4 Å². The molecule has 0 spiro atoms. The van der Waals surface area contributed by atoms with Crippen LogP contribution in [-0.4, -0.2) is 22.4 Å². The van der Waals surface area contributed by atoms with Crippen molar-refractivity contribution in [2.24, 2.45) is 0 Å². The highest BCUT2D eigenvalue weighted by atomic mass is 16.5. The summed E-state index contributed by atoms with van der Waals surface area (Å²) >= 11 is 0. The van der Waals surface area contributed by atoms with Crippen LogP contribution in [0.4, 0.5) is 0 Å². The summed E-state index contributed by atoms with van der Waals surface area (Å²) in [5, 5.41) is 0. The summed E-state index contributed by atoms with van der Waals surface area (Å²) in [6.45, 7) is 0. The number of carbonyl (C=O) groups excluding carboxylic acids is 1. The standard InChI is InChI=1S/C23H18N2O2/c1-27-19-13-11-17(12-14-19)22(26)15-16-25-21-10-6-5-9-20(21)24-23(25)18-7-3-2-4-8-18/h2-16H,1H3/b16-15+. The minimum atomic E-state index is -0.0746. The van der Waals surface area contributed by atoms with Crippen molar-refractivity contribution in [1.82, 2.24) is 9.55 Å². The number of ether oxygens (including phenoxy) is 1. The van der Waals surface area contributed by atoms with Gasteiger partial charge in [-0.3, -0.25) is 9.36 Å². The van der Waals surface area contributed by atoms with E-state index in [9.17, 15) is 4.79 Å². The fourth-order valence-electron chi connectivity index (χ4n) is 2.98. The van der Waals surface area contributed by atoms with Crippen LogP contribution < -0.4 is 4.74 Å². The van der Waals surface area contributed by atoms with Crippen molar-refractivity contribution >= 4 is 23.0 Å². The number of aromatic nitrogens is 2. The molecule has 1 heterocycles. The minimum Gasteiger partial charge on any atom is -0.497 e. The summed E-state index contributed by atoms with van der Waals surface area (Å²) in [6.07, 6.45) is 3.35. The zero-order valence-corrected chi connectivity index (χ0v) is 14.9. The van der Waals surface area contributed by atoms with Crippen molar-refractivity contribution in [3.05, 3.63) is 90.5 Å².